The van der Waals surface area contributed by atoms with Crippen LogP contribution in [0.5, 0.6) is 0 Å². The number of hydrogen-bond acceptors (Lipinski definition) is 5. The number of allylic oxidation sites excluding steroid dienone is 3. The van der Waals surface area contributed by atoms with Crippen molar-refractivity contribution in [2.45, 2.75) is 38.0 Å². The first-order chi connectivity index (χ1) is 15.6. The summed E-state index contributed by atoms with van der Waals surface area (Å²) >= 11 is 1.09. The number of amidine groups is 1. The van der Waals surface area contributed by atoms with Gasteiger partial charge in [-0.25, -0.2) is 0 Å². The van der Waals surface area contributed by atoms with Crippen molar-refractivity contribution in [3.8, 4) is 0 Å². The highest BCUT2D eigenvalue weighted by Gasteiger charge is 2.38. The first kappa shape index (κ1) is 23.3. The van der Waals surface area contributed by atoms with E-state index in [9.17, 15) is 13.2 Å². The number of anilines is 1. The van der Waals surface area contributed by atoms with Gasteiger partial charge >= 0.3 is 0 Å². The molecule has 1 amide bonds. The van der Waals surface area contributed by atoms with Crippen LogP contribution in [0.1, 0.15) is 31.9 Å². The molecule has 2 heterocycles. The standard InChI is InChI=1S/C25H27N3O3S2/c1-6-28-23(29)21(32-24(28)26-33(30,31)18-13-11-17(2)12-14-18)15-16-22-25(3,4)19-9-7-8-10-20(19)27(22)5/h7-16H,6H2,1-5H3/b21-15-,22-16+,26-24+. The van der Waals surface area contributed by atoms with Crippen LogP contribution in [0.3, 0.4) is 0 Å². The number of carbonyl (C=O) groups excluding carboxylic acids is 1. The Labute approximate surface area is 199 Å². The summed E-state index contributed by atoms with van der Waals surface area (Å²) < 4.78 is 29.6. The predicted octanol–water partition coefficient (Wildman–Crippen LogP) is 4.83. The Morgan fingerprint density at radius 2 is 1.73 bits per heavy atom. The second kappa shape index (κ2) is 8.50. The quantitative estimate of drug-likeness (QED) is 0.585. The van der Waals surface area contributed by atoms with Gasteiger partial charge in [-0.05, 0) is 61.5 Å². The van der Waals surface area contributed by atoms with Gasteiger partial charge in [0.2, 0.25) is 0 Å². The molecule has 0 bridgehead atoms. The molecule has 172 valence electrons. The molecule has 0 spiro atoms. The lowest BCUT2D eigenvalue weighted by Gasteiger charge is -2.23. The van der Waals surface area contributed by atoms with Gasteiger partial charge in [0.25, 0.3) is 15.9 Å². The third-order valence-corrected chi connectivity index (χ3v) is 8.48. The molecular weight excluding hydrogens is 454 g/mol. The average Bonchev–Trinajstić information content (AvgIpc) is 3.16. The number of carbonyl (C=O) groups is 1. The summed E-state index contributed by atoms with van der Waals surface area (Å²) in [6.07, 6.45) is 3.72. The van der Waals surface area contributed by atoms with Crippen LogP contribution in [-0.4, -0.2) is 38.0 Å². The van der Waals surface area contributed by atoms with Crippen molar-refractivity contribution in [1.82, 2.24) is 4.90 Å². The molecule has 1 saturated heterocycles. The van der Waals surface area contributed by atoms with Crippen LogP contribution in [0, 0.1) is 6.92 Å². The zero-order chi connectivity index (χ0) is 24.0. The predicted molar refractivity (Wildman–Crippen MR) is 135 cm³/mol. The number of likely N-dealkylation sites (N-methyl/N-ethyl adjacent to an activating group) is 2. The van der Waals surface area contributed by atoms with Crippen molar-refractivity contribution in [2.24, 2.45) is 4.40 Å². The fourth-order valence-electron chi connectivity index (χ4n) is 4.19. The highest BCUT2D eigenvalue weighted by molar-refractivity contribution is 8.19. The lowest BCUT2D eigenvalue weighted by atomic mass is 9.84. The summed E-state index contributed by atoms with van der Waals surface area (Å²) in [5.41, 5.74) is 4.17. The van der Waals surface area contributed by atoms with Crippen molar-refractivity contribution >= 4 is 38.5 Å². The fourth-order valence-corrected chi connectivity index (χ4v) is 6.38. The van der Waals surface area contributed by atoms with Crippen molar-refractivity contribution < 1.29 is 13.2 Å². The Bertz CT molecular complexity index is 1310. The third kappa shape index (κ3) is 4.13. The van der Waals surface area contributed by atoms with Gasteiger partial charge in [0.15, 0.2) is 5.17 Å². The summed E-state index contributed by atoms with van der Waals surface area (Å²) in [7, 11) is -1.91. The van der Waals surface area contributed by atoms with Crippen LogP contribution < -0.4 is 4.90 Å². The summed E-state index contributed by atoms with van der Waals surface area (Å²) in [5, 5.41) is 0.176. The highest BCUT2D eigenvalue weighted by atomic mass is 32.2. The zero-order valence-electron chi connectivity index (χ0n) is 19.4. The first-order valence-electron chi connectivity index (χ1n) is 10.7. The number of fused-ring (bicyclic) bond motifs is 1. The van der Waals surface area contributed by atoms with Crippen molar-refractivity contribution in [1.29, 1.82) is 0 Å². The van der Waals surface area contributed by atoms with Gasteiger partial charge in [0, 0.05) is 30.4 Å². The van der Waals surface area contributed by atoms with E-state index in [-0.39, 0.29) is 21.4 Å². The smallest absolute Gasteiger partial charge is 0.284 e. The van der Waals surface area contributed by atoms with E-state index >= 15 is 0 Å². The average molecular weight is 482 g/mol. The first-order valence-corrected chi connectivity index (χ1v) is 13.0. The van der Waals surface area contributed by atoms with E-state index in [0.717, 1.165) is 28.7 Å². The van der Waals surface area contributed by atoms with Gasteiger partial charge < -0.3 is 4.90 Å². The van der Waals surface area contributed by atoms with Gasteiger partial charge in [0.1, 0.15) is 0 Å². The monoisotopic (exact) mass is 481 g/mol. The molecule has 2 aliphatic rings. The van der Waals surface area contributed by atoms with Crippen molar-refractivity contribution in [2.75, 3.05) is 18.5 Å². The summed E-state index contributed by atoms with van der Waals surface area (Å²) in [4.78, 5) is 17.1. The largest absolute Gasteiger partial charge is 0.347 e. The summed E-state index contributed by atoms with van der Waals surface area (Å²) in [6, 6.07) is 14.8. The van der Waals surface area contributed by atoms with Gasteiger partial charge in [-0.2, -0.15) is 8.42 Å². The maximum atomic E-state index is 13.0. The molecule has 4 rings (SSSR count). The number of thioether (sulfide) groups is 1. The molecule has 2 aromatic rings. The van der Waals surface area contributed by atoms with E-state index in [2.05, 4.69) is 35.3 Å². The SMILES string of the molecule is CCN1C(=O)/C(=C/C=C2/N(C)c3ccccc3C2(C)C)S/C1=N/S(=O)(=O)c1ccc(C)cc1. The molecule has 1 fully saturated rings. The minimum absolute atomic E-state index is 0.108. The molecule has 2 aliphatic heterocycles. The molecular formula is C25H27N3O3S2. The highest BCUT2D eigenvalue weighted by Crippen LogP contribution is 2.46. The Hall–Kier alpha value is -2.84. The molecule has 0 aromatic heterocycles. The Morgan fingerprint density at radius 3 is 2.36 bits per heavy atom. The number of amides is 1. The number of rotatable bonds is 4. The molecule has 33 heavy (non-hydrogen) atoms. The van der Waals surface area contributed by atoms with E-state index in [1.54, 1.807) is 25.1 Å². The van der Waals surface area contributed by atoms with Gasteiger partial charge in [-0.1, -0.05) is 49.7 Å². The molecule has 0 unspecified atom stereocenters. The van der Waals surface area contributed by atoms with Crippen LogP contribution >= 0.6 is 11.8 Å². The second-order valence-electron chi connectivity index (χ2n) is 8.60. The van der Waals surface area contributed by atoms with E-state index < -0.39 is 10.0 Å². The third-order valence-electron chi connectivity index (χ3n) is 6.05. The fraction of sp³-hybridized carbons (Fsp3) is 0.280. The number of nitrogens with zero attached hydrogens (tertiary/aromatic N) is 3. The van der Waals surface area contributed by atoms with Crippen molar-refractivity contribution in [3.05, 3.63) is 82.4 Å². The lowest BCUT2D eigenvalue weighted by molar-refractivity contribution is -0.122. The number of benzene rings is 2. The molecule has 0 aliphatic carbocycles. The zero-order valence-corrected chi connectivity index (χ0v) is 21.0. The molecule has 0 N–H and O–H groups in total. The number of aryl methyl sites for hydroxylation is 1. The molecule has 0 saturated carbocycles. The number of hydrogen-bond donors (Lipinski definition) is 0. The summed E-state index contributed by atoms with van der Waals surface area (Å²) in [5.74, 6) is -0.242. The maximum Gasteiger partial charge on any atom is 0.284 e. The van der Waals surface area contributed by atoms with Crippen LogP contribution in [0.15, 0.2) is 80.6 Å². The van der Waals surface area contributed by atoms with Gasteiger partial charge in [-0.15, -0.1) is 4.40 Å². The Morgan fingerprint density at radius 1 is 1.06 bits per heavy atom. The Kier molecular flexibility index (Phi) is 6.01. The molecule has 0 atom stereocenters. The topological polar surface area (TPSA) is 70.1 Å². The van der Waals surface area contributed by atoms with E-state index in [1.807, 2.05) is 32.2 Å². The van der Waals surface area contributed by atoms with E-state index in [1.165, 1.54) is 22.6 Å². The van der Waals surface area contributed by atoms with Crippen LogP contribution in [0.25, 0.3) is 0 Å². The van der Waals surface area contributed by atoms with E-state index in [0.29, 0.717) is 11.4 Å². The van der Waals surface area contributed by atoms with Gasteiger partial charge in [0.05, 0.1) is 9.80 Å². The van der Waals surface area contributed by atoms with Gasteiger partial charge in [-0.3, -0.25) is 9.69 Å². The van der Waals surface area contributed by atoms with Crippen LogP contribution in [0.2, 0.25) is 0 Å². The number of para-hydroxylation sites is 1. The molecule has 6 nitrogen and oxygen atoms in total. The molecule has 8 heteroatoms. The lowest BCUT2D eigenvalue weighted by Crippen LogP contribution is -2.29. The minimum Gasteiger partial charge on any atom is -0.347 e. The van der Waals surface area contributed by atoms with Crippen molar-refractivity contribution in [3.63, 3.8) is 0 Å². The van der Waals surface area contributed by atoms with Crippen LogP contribution in [0.4, 0.5) is 5.69 Å². The van der Waals surface area contributed by atoms with Crippen LogP contribution in [-0.2, 0) is 20.2 Å². The second-order valence-corrected chi connectivity index (χ2v) is 11.2. The molecule has 2 aromatic carbocycles. The normalized spacial score (nSPS) is 21.5. The van der Waals surface area contributed by atoms with E-state index in [4.69, 9.17) is 0 Å². The molecule has 0 radical (unpaired) electrons. The summed E-state index contributed by atoms with van der Waals surface area (Å²) in [6.45, 7) is 8.34. The maximum absolute atomic E-state index is 13.0. The number of sulfonamides is 1. The Balaban J connectivity index is 1.68. The minimum atomic E-state index is -3.92.